The number of hydrogen-bond donors (Lipinski definition) is 1. The maximum absolute atomic E-state index is 9.66. The number of hydrogen-bond acceptors (Lipinski definition) is 1. The highest BCUT2D eigenvalue weighted by Crippen LogP contribution is 2.65. The summed E-state index contributed by atoms with van der Waals surface area (Å²) >= 11 is 0. The van der Waals surface area contributed by atoms with Crippen LogP contribution in [0.3, 0.4) is 0 Å². The van der Waals surface area contributed by atoms with Gasteiger partial charge in [0.1, 0.15) is 0 Å². The smallest absolute Gasteiger partial charge is 0.0596 e. The van der Waals surface area contributed by atoms with Gasteiger partial charge in [0.2, 0.25) is 0 Å². The summed E-state index contributed by atoms with van der Waals surface area (Å²) in [4.78, 5) is 0. The summed E-state index contributed by atoms with van der Waals surface area (Å²) in [5, 5.41) is 9.66. The largest absolute Gasteiger partial charge is 0.393 e. The van der Waals surface area contributed by atoms with E-state index in [1.165, 1.54) is 25.7 Å². The molecule has 1 N–H and O–H groups in total. The van der Waals surface area contributed by atoms with Crippen molar-refractivity contribution in [1.82, 2.24) is 0 Å². The van der Waals surface area contributed by atoms with Gasteiger partial charge in [0.15, 0.2) is 0 Å². The molecule has 0 amide bonds. The van der Waals surface area contributed by atoms with Crippen molar-refractivity contribution < 1.29 is 5.11 Å². The van der Waals surface area contributed by atoms with Crippen molar-refractivity contribution in [1.29, 1.82) is 0 Å². The summed E-state index contributed by atoms with van der Waals surface area (Å²) in [6, 6.07) is 0. The van der Waals surface area contributed by atoms with Crippen LogP contribution in [0.1, 0.15) is 39.0 Å². The van der Waals surface area contributed by atoms with Crippen LogP contribution >= 0.6 is 0 Å². The topological polar surface area (TPSA) is 20.2 Å². The Labute approximate surface area is 62.4 Å². The average molecular weight is 140 g/mol. The van der Waals surface area contributed by atoms with E-state index >= 15 is 0 Å². The maximum atomic E-state index is 9.66. The van der Waals surface area contributed by atoms with Crippen LogP contribution in [0.2, 0.25) is 0 Å². The molecule has 1 nitrogen and oxygen atoms in total. The standard InChI is InChI=1S/C9H16O/c1-2-8(10)9-5-3-4-7(9)6-9/h7-8,10H,2-6H2,1H3. The Bertz CT molecular complexity index is 144. The quantitative estimate of drug-likeness (QED) is 0.621. The molecule has 3 atom stereocenters. The molecule has 0 aromatic rings. The van der Waals surface area contributed by atoms with Gasteiger partial charge in [-0.25, -0.2) is 0 Å². The van der Waals surface area contributed by atoms with E-state index in [1.54, 1.807) is 0 Å². The monoisotopic (exact) mass is 140 g/mol. The van der Waals surface area contributed by atoms with Gasteiger partial charge < -0.3 is 5.11 Å². The second-order valence-electron chi connectivity index (χ2n) is 3.95. The summed E-state index contributed by atoms with van der Waals surface area (Å²) in [6.07, 6.45) is 6.34. The van der Waals surface area contributed by atoms with Crippen LogP contribution in [0.4, 0.5) is 0 Å². The second kappa shape index (κ2) is 1.97. The lowest BCUT2D eigenvalue weighted by molar-refractivity contribution is 0.0844. The predicted octanol–water partition coefficient (Wildman–Crippen LogP) is 1.95. The Hall–Kier alpha value is -0.0400. The minimum atomic E-state index is 0.0139. The van der Waals surface area contributed by atoms with Gasteiger partial charge in [0, 0.05) is 0 Å². The molecule has 0 bridgehead atoms. The summed E-state index contributed by atoms with van der Waals surface area (Å²) in [5.41, 5.74) is 0.425. The molecule has 2 saturated carbocycles. The first-order chi connectivity index (χ1) is 4.79. The van der Waals surface area contributed by atoms with Gasteiger partial charge in [-0.3, -0.25) is 0 Å². The normalized spacial score (nSPS) is 46.8. The summed E-state index contributed by atoms with van der Waals surface area (Å²) < 4.78 is 0. The van der Waals surface area contributed by atoms with Gasteiger partial charge in [0.05, 0.1) is 6.10 Å². The molecule has 0 radical (unpaired) electrons. The van der Waals surface area contributed by atoms with Crippen LogP contribution < -0.4 is 0 Å². The van der Waals surface area contributed by atoms with Crippen LogP contribution in [0.15, 0.2) is 0 Å². The van der Waals surface area contributed by atoms with Crippen LogP contribution in [0.5, 0.6) is 0 Å². The first kappa shape index (κ1) is 6.66. The zero-order valence-corrected chi connectivity index (χ0v) is 6.64. The summed E-state index contributed by atoms with van der Waals surface area (Å²) in [5.74, 6) is 0.905. The molecule has 58 valence electrons. The zero-order valence-electron chi connectivity index (χ0n) is 6.64. The molecule has 10 heavy (non-hydrogen) atoms. The SMILES string of the molecule is CCC(O)C12CCCC1C2. The fourth-order valence-electron chi connectivity index (χ4n) is 2.75. The molecular weight excluding hydrogens is 124 g/mol. The lowest BCUT2D eigenvalue weighted by Gasteiger charge is -2.17. The van der Waals surface area contributed by atoms with Gasteiger partial charge in [-0.1, -0.05) is 13.3 Å². The Morgan fingerprint density at radius 1 is 1.70 bits per heavy atom. The number of rotatable bonds is 2. The molecule has 1 heteroatoms. The Morgan fingerprint density at radius 2 is 2.50 bits per heavy atom. The van der Waals surface area contributed by atoms with Crippen molar-refractivity contribution in [2.24, 2.45) is 11.3 Å². The van der Waals surface area contributed by atoms with Crippen LogP contribution in [0, 0.1) is 11.3 Å². The molecule has 0 aliphatic heterocycles. The van der Waals surface area contributed by atoms with Crippen molar-refractivity contribution in [2.45, 2.75) is 45.1 Å². The van der Waals surface area contributed by atoms with Crippen molar-refractivity contribution >= 4 is 0 Å². The molecule has 0 aromatic carbocycles. The molecule has 2 rings (SSSR count). The molecule has 2 aliphatic rings. The Balaban J connectivity index is 2.03. The number of aliphatic hydroxyl groups is 1. The van der Waals surface area contributed by atoms with Crippen LogP contribution in [0.25, 0.3) is 0 Å². The minimum absolute atomic E-state index is 0.0139. The Kier molecular flexibility index (Phi) is 1.31. The molecule has 0 aromatic heterocycles. The third-order valence-corrected chi connectivity index (χ3v) is 3.52. The van der Waals surface area contributed by atoms with Crippen molar-refractivity contribution in [2.75, 3.05) is 0 Å². The number of aliphatic hydroxyl groups excluding tert-OH is 1. The summed E-state index contributed by atoms with van der Waals surface area (Å²) in [6.45, 7) is 2.09. The fraction of sp³-hybridized carbons (Fsp3) is 1.00. The van der Waals surface area contributed by atoms with E-state index in [4.69, 9.17) is 0 Å². The van der Waals surface area contributed by atoms with Gasteiger partial charge >= 0.3 is 0 Å². The van der Waals surface area contributed by atoms with E-state index in [2.05, 4.69) is 6.92 Å². The third kappa shape index (κ3) is 0.672. The highest BCUT2D eigenvalue weighted by atomic mass is 16.3. The lowest BCUT2D eigenvalue weighted by Crippen LogP contribution is -2.20. The van der Waals surface area contributed by atoms with Crippen LogP contribution in [-0.4, -0.2) is 11.2 Å². The Morgan fingerprint density at radius 3 is 2.90 bits per heavy atom. The number of fused-ring (bicyclic) bond motifs is 1. The van der Waals surface area contributed by atoms with Gasteiger partial charge in [-0.05, 0) is 37.0 Å². The fourth-order valence-corrected chi connectivity index (χ4v) is 2.75. The van der Waals surface area contributed by atoms with E-state index < -0.39 is 0 Å². The molecule has 2 aliphatic carbocycles. The van der Waals surface area contributed by atoms with Gasteiger partial charge in [0.25, 0.3) is 0 Å². The van der Waals surface area contributed by atoms with E-state index in [-0.39, 0.29) is 6.10 Å². The highest BCUT2D eigenvalue weighted by molar-refractivity contribution is 5.09. The van der Waals surface area contributed by atoms with E-state index in [0.29, 0.717) is 5.41 Å². The first-order valence-electron chi connectivity index (χ1n) is 4.47. The molecule has 2 fully saturated rings. The average Bonchev–Trinajstić information content (AvgIpc) is 2.54. The first-order valence-corrected chi connectivity index (χ1v) is 4.47. The van der Waals surface area contributed by atoms with E-state index in [9.17, 15) is 5.11 Å². The molecule has 0 saturated heterocycles. The van der Waals surface area contributed by atoms with Crippen molar-refractivity contribution in [3.63, 3.8) is 0 Å². The predicted molar refractivity (Wildman–Crippen MR) is 40.7 cm³/mol. The third-order valence-electron chi connectivity index (χ3n) is 3.52. The van der Waals surface area contributed by atoms with Crippen LogP contribution in [-0.2, 0) is 0 Å². The minimum Gasteiger partial charge on any atom is -0.393 e. The van der Waals surface area contributed by atoms with Gasteiger partial charge in [-0.2, -0.15) is 0 Å². The van der Waals surface area contributed by atoms with E-state index in [1.807, 2.05) is 0 Å². The lowest BCUT2D eigenvalue weighted by atomic mass is 9.94. The molecular formula is C9H16O. The highest BCUT2D eigenvalue weighted by Gasteiger charge is 2.60. The maximum Gasteiger partial charge on any atom is 0.0596 e. The second-order valence-corrected chi connectivity index (χ2v) is 3.95. The van der Waals surface area contributed by atoms with E-state index in [0.717, 1.165) is 12.3 Å². The molecule has 0 heterocycles. The molecule has 0 spiro atoms. The summed E-state index contributed by atoms with van der Waals surface area (Å²) in [7, 11) is 0. The zero-order chi connectivity index (χ0) is 7.19. The van der Waals surface area contributed by atoms with Gasteiger partial charge in [-0.15, -0.1) is 0 Å². The van der Waals surface area contributed by atoms with Crippen molar-refractivity contribution in [3.8, 4) is 0 Å². The van der Waals surface area contributed by atoms with Crippen molar-refractivity contribution in [3.05, 3.63) is 0 Å². The molecule has 3 unspecified atom stereocenters.